The first-order chi connectivity index (χ1) is 24.9. The maximum atomic E-state index is 4.93. The molecule has 0 N–H and O–H groups in total. The predicted octanol–water partition coefficient (Wildman–Crippen LogP) is 16.2. The summed E-state index contributed by atoms with van der Waals surface area (Å²) in [5, 5.41) is 5.59. The number of aryl methyl sites for hydroxylation is 2. The number of fused-ring (bicyclic) bond motifs is 2. The number of hydrogen-bond acceptors (Lipinski definition) is 0. The maximum absolute atomic E-state index is 4.93. The van der Waals surface area contributed by atoms with Crippen molar-refractivity contribution < 1.29 is 20.8 Å². The van der Waals surface area contributed by atoms with E-state index in [1.807, 2.05) is 0 Å². The fourth-order valence-corrected chi connectivity index (χ4v) is 7.15. The molecule has 0 amide bonds. The monoisotopic (exact) mass is 824 g/mol. The second-order valence-corrected chi connectivity index (χ2v) is 19.6. The second kappa shape index (κ2) is 21.6. The molecule has 0 atom stereocenters. The van der Waals surface area contributed by atoms with Gasteiger partial charge in [0.05, 0.1) is 0 Å². The molecule has 0 bridgehead atoms. The summed E-state index contributed by atoms with van der Waals surface area (Å²) in [6.07, 6.45) is 2.19. The molecule has 6 aromatic rings. The normalized spacial score (nSPS) is 11.0. The first-order valence-corrected chi connectivity index (χ1v) is 27.4. The molecular formula is C48H60Cl2SiZr. The summed E-state index contributed by atoms with van der Waals surface area (Å²) in [6, 6.07) is 36.6. The molecule has 0 heterocycles. The standard InChI is InChI=1S/2C23H27.C2H6Si.2ClH.Zr/c2*1-6-17-13-18-11-12-20(16(4)5)23(22(18)14-17)21-10-8-7-9-19(21)15(2)3;1-3-2;;;/h2*7-16H,6H2,1-5H3;1-2H3;2*1H;/q2*-1;;;;+4/p-2. The Labute approximate surface area is 338 Å². The van der Waals surface area contributed by atoms with Gasteiger partial charge in [0.2, 0.25) is 0 Å². The van der Waals surface area contributed by atoms with Gasteiger partial charge in [-0.15, -0.1) is 69.1 Å². The van der Waals surface area contributed by atoms with Crippen LogP contribution < -0.4 is 0 Å². The summed E-state index contributed by atoms with van der Waals surface area (Å²) in [6.45, 7) is 27.1. The van der Waals surface area contributed by atoms with E-state index in [0.717, 1.165) is 22.4 Å². The molecule has 4 heteroatoms. The minimum absolute atomic E-state index is 0.523. The van der Waals surface area contributed by atoms with Crippen LogP contribution in [0.15, 0.2) is 97.1 Å². The zero-order valence-corrected chi connectivity index (χ0v) is 38.7. The van der Waals surface area contributed by atoms with E-state index >= 15 is 0 Å². The second-order valence-electron chi connectivity index (χ2n) is 14.9. The summed E-state index contributed by atoms with van der Waals surface area (Å²) in [5.41, 5.74) is 14.4. The first-order valence-electron chi connectivity index (χ1n) is 19.1. The van der Waals surface area contributed by atoms with Gasteiger partial charge in [-0.25, -0.2) is 0 Å². The van der Waals surface area contributed by atoms with Crippen molar-refractivity contribution in [2.24, 2.45) is 0 Å². The van der Waals surface area contributed by atoms with Crippen LogP contribution in [0.2, 0.25) is 13.1 Å². The van der Waals surface area contributed by atoms with Crippen molar-refractivity contribution in [1.29, 1.82) is 0 Å². The van der Waals surface area contributed by atoms with E-state index in [-0.39, 0.29) is 0 Å². The predicted molar refractivity (Wildman–Crippen MR) is 234 cm³/mol. The van der Waals surface area contributed by atoms with E-state index in [2.05, 4.69) is 179 Å². The van der Waals surface area contributed by atoms with Crippen LogP contribution >= 0.6 is 17.0 Å². The zero-order chi connectivity index (χ0) is 38.5. The van der Waals surface area contributed by atoms with E-state index in [4.69, 9.17) is 17.0 Å². The van der Waals surface area contributed by atoms with Gasteiger partial charge in [-0.3, -0.25) is 0 Å². The summed E-state index contributed by atoms with van der Waals surface area (Å²) >= 11 is -0.826. The van der Waals surface area contributed by atoms with E-state index in [1.165, 1.54) is 77.2 Å². The Bertz CT molecular complexity index is 1830. The SMILES string of the molecule is CCc1cc2c(-c3ccccc3C(C)C)c(C(C)C)ccc2[cH-]1.CCc1cc2c(-c3ccccc3C(C)C)c(C(C)C)ccc2[cH-]1.C[Si]C.[Cl][Zr+2][Cl]. The summed E-state index contributed by atoms with van der Waals surface area (Å²) in [7, 11) is 11.0. The molecule has 0 aromatic heterocycles. The van der Waals surface area contributed by atoms with Crippen LogP contribution in [-0.2, 0) is 33.7 Å². The molecule has 6 aromatic carbocycles. The fourth-order valence-electron chi connectivity index (χ4n) is 7.15. The third-order valence-electron chi connectivity index (χ3n) is 9.73. The number of rotatable bonds is 8. The summed E-state index contributed by atoms with van der Waals surface area (Å²) in [5.74, 6) is 2.10. The van der Waals surface area contributed by atoms with Crippen molar-refractivity contribution in [3.05, 3.63) is 130 Å². The molecule has 6 rings (SSSR count). The molecule has 0 unspecified atom stereocenters. The van der Waals surface area contributed by atoms with Gasteiger partial charge < -0.3 is 0 Å². The summed E-state index contributed by atoms with van der Waals surface area (Å²) < 4.78 is 0. The summed E-state index contributed by atoms with van der Waals surface area (Å²) in [4.78, 5) is 0. The number of halogens is 2. The van der Waals surface area contributed by atoms with E-state index in [0.29, 0.717) is 23.7 Å². The van der Waals surface area contributed by atoms with Crippen molar-refractivity contribution in [2.75, 3.05) is 0 Å². The third-order valence-corrected chi connectivity index (χ3v) is 9.73. The Balaban J connectivity index is 0.000000244. The molecule has 274 valence electrons. The molecule has 0 aliphatic rings. The van der Waals surface area contributed by atoms with Crippen LogP contribution in [0.25, 0.3) is 43.8 Å². The molecule has 0 fully saturated rings. The van der Waals surface area contributed by atoms with Gasteiger partial charge in [0.1, 0.15) is 0 Å². The minimum atomic E-state index is -0.826. The van der Waals surface area contributed by atoms with Gasteiger partial charge in [0, 0.05) is 9.52 Å². The zero-order valence-electron chi connectivity index (χ0n) is 33.7. The van der Waals surface area contributed by atoms with Gasteiger partial charge in [0.15, 0.2) is 0 Å². The van der Waals surface area contributed by atoms with Crippen LogP contribution in [0.3, 0.4) is 0 Å². The van der Waals surface area contributed by atoms with Gasteiger partial charge >= 0.3 is 37.9 Å². The van der Waals surface area contributed by atoms with Gasteiger partial charge in [-0.05, 0) is 58.8 Å². The molecule has 0 aliphatic heterocycles. The van der Waals surface area contributed by atoms with E-state index in [9.17, 15) is 0 Å². The molecule has 0 saturated carbocycles. The van der Waals surface area contributed by atoms with E-state index < -0.39 is 20.8 Å². The van der Waals surface area contributed by atoms with Crippen molar-refractivity contribution >= 4 is 48.1 Å². The van der Waals surface area contributed by atoms with Crippen LogP contribution in [0.5, 0.6) is 0 Å². The third kappa shape index (κ3) is 10.9. The van der Waals surface area contributed by atoms with Gasteiger partial charge in [0.25, 0.3) is 0 Å². The quantitative estimate of drug-likeness (QED) is 0.106. The fraction of sp³-hybridized carbons (Fsp3) is 0.375. The number of benzene rings is 4. The Kier molecular flexibility index (Phi) is 18.4. The van der Waals surface area contributed by atoms with Crippen molar-refractivity contribution in [2.45, 2.75) is 119 Å². The van der Waals surface area contributed by atoms with Crippen LogP contribution in [0.1, 0.15) is 126 Å². The van der Waals surface area contributed by atoms with Crippen molar-refractivity contribution in [3.63, 3.8) is 0 Å². The number of hydrogen-bond donors (Lipinski definition) is 0. The van der Waals surface area contributed by atoms with Gasteiger partial charge in [-0.2, -0.15) is 12.1 Å². The molecule has 2 radical (unpaired) electrons. The Morgan fingerprint density at radius 2 is 0.827 bits per heavy atom. The Hall–Kier alpha value is -2.22. The van der Waals surface area contributed by atoms with Crippen LogP contribution in [0.4, 0.5) is 0 Å². The van der Waals surface area contributed by atoms with Crippen molar-refractivity contribution in [3.8, 4) is 22.3 Å². The average molecular weight is 827 g/mol. The van der Waals surface area contributed by atoms with Crippen molar-refractivity contribution in [1.82, 2.24) is 0 Å². The molecule has 0 spiro atoms. The molecule has 0 aliphatic carbocycles. The molecular weight excluding hydrogens is 767 g/mol. The average Bonchev–Trinajstić information content (AvgIpc) is 3.76. The molecule has 0 nitrogen and oxygen atoms in total. The first kappa shape index (κ1) is 44.2. The van der Waals surface area contributed by atoms with Crippen LogP contribution in [-0.4, -0.2) is 9.52 Å². The Morgan fingerprint density at radius 1 is 0.519 bits per heavy atom. The van der Waals surface area contributed by atoms with Gasteiger partial charge in [-0.1, -0.05) is 153 Å². The van der Waals surface area contributed by atoms with Crippen LogP contribution in [0, 0.1) is 0 Å². The molecule has 0 saturated heterocycles. The topological polar surface area (TPSA) is 0 Å². The Morgan fingerprint density at radius 3 is 1.12 bits per heavy atom. The van der Waals surface area contributed by atoms with E-state index in [1.54, 1.807) is 0 Å². The molecule has 52 heavy (non-hydrogen) atoms.